The third-order valence-corrected chi connectivity index (χ3v) is 8.49. The van der Waals surface area contributed by atoms with Gasteiger partial charge in [-0.2, -0.15) is 0 Å². The van der Waals surface area contributed by atoms with Gasteiger partial charge in [-0.3, -0.25) is 0 Å². The van der Waals surface area contributed by atoms with Gasteiger partial charge in [0.05, 0.1) is 41.7 Å². The summed E-state index contributed by atoms with van der Waals surface area (Å²) in [5, 5.41) is 5.53. The SMILES string of the molecule is CSc1nc(NC[C@H]2CCCO2)c2sc3nc(N4CCOCC4)c4c(c3c2n1)CC(C)(C)OC4. The highest BCUT2D eigenvalue weighted by molar-refractivity contribution is 7.98. The van der Waals surface area contributed by atoms with E-state index in [1.54, 1.807) is 23.1 Å². The van der Waals surface area contributed by atoms with Crippen molar-refractivity contribution < 1.29 is 14.2 Å². The Kier molecular flexibility index (Phi) is 6.05. The molecule has 8 nitrogen and oxygen atoms in total. The van der Waals surface area contributed by atoms with E-state index in [-0.39, 0.29) is 11.7 Å². The fourth-order valence-electron chi connectivity index (χ4n) is 5.10. The van der Waals surface area contributed by atoms with Crippen molar-refractivity contribution in [3.05, 3.63) is 11.1 Å². The molecule has 0 unspecified atom stereocenters. The molecule has 0 amide bonds. The standard InChI is InChI=1S/C24H31N5O3S2/c1-24(2)11-15-16(13-32-24)21(29-6-9-30-10-7-29)28-22-17(15)18-19(34-22)20(27-23(26-18)33-3)25-12-14-5-4-8-31-14/h14H,4-13H2,1-3H3,(H,25,26,27)/t14-/m1/s1. The molecule has 182 valence electrons. The second-order valence-corrected chi connectivity index (χ2v) is 11.5. The van der Waals surface area contributed by atoms with Gasteiger partial charge in [-0.15, -0.1) is 11.3 Å². The summed E-state index contributed by atoms with van der Waals surface area (Å²) < 4.78 is 18.8. The molecule has 3 aromatic rings. The van der Waals surface area contributed by atoms with Crippen LogP contribution in [0.4, 0.5) is 11.6 Å². The van der Waals surface area contributed by atoms with Crippen molar-refractivity contribution in [1.29, 1.82) is 0 Å². The van der Waals surface area contributed by atoms with Crippen LogP contribution in [0.1, 0.15) is 37.8 Å². The molecule has 2 fully saturated rings. The summed E-state index contributed by atoms with van der Waals surface area (Å²) in [6.07, 6.45) is 5.33. The zero-order chi connectivity index (χ0) is 23.3. The molecule has 1 N–H and O–H groups in total. The van der Waals surface area contributed by atoms with Crippen LogP contribution in [0.5, 0.6) is 0 Å². The molecule has 2 saturated heterocycles. The van der Waals surface area contributed by atoms with Gasteiger partial charge in [0.15, 0.2) is 5.16 Å². The predicted octanol–water partition coefficient (Wildman–Crippen LogP) is 4.24. The smallest absolute Gasteiger partial charge is 0.189 e. The molecule has 3 aliphatic heterocycles. The van der Waals surface area contributed by atoms with Crippen LogP contribution in [0.3, 0.4) is 0 Å². The number of aromatic nitrogens is 3. The maximum atomic E-state index is 6.27. The molecule has 0 radical (unpaired) electrons. The maximum Gasteiger partial charge on any atom is 0.189 e. The first-order valence-corrected chi connectivity index (χ1v) is 14.1. The first-order chi connectivity index (χ1) is 16.5. The molecule has 3 aromatic heterocycles. The summed E-state index contributed by atoms with van der Waals surface area (Å²) in [4.78, 5) is 18.4. The van der Waals surface area contributed by atoms with Gasteiger partial charge < -0.3 is 24.4 Å². The highest BCUT2D eigenvalue weighted by Gasteiger charge is 2.33. The predicted molar refractivity (Wildman–Crippen MR) is 138 cm³/mol. The average Bonchev–Trinajstić information content (AvgIpc) is 3.49. The number of fused-ring (bicyclic) bond motifs is 5. The molecule has 0 aliphatic carbocycles. The Hall–Kier alpha value is -1.72. The fourth-order valence-corrected chi connectivity index (χ4v) is 6.57. The van der Waals surface area contributed by atoms with Crippen LogP contribution in [-0.2, 0) is 27.2 Å². The van der Waals surface area contributed by atoms with Crippen molar-refractivity contribution in [1.82, 2.24) is 15.0 Å². The summed E-state index contributed by atoms with van der Waals surface area (Å²) in [5.41, 5.74) is 3.30. The lowest BCUT2D eigenvalue weighted by Crippen LogP contribution is -2.39. The molecule has 1 atom stereocenters. The topological polar surface area (TPSA) is 81.6 Å². The molecule has 34 heavy (non-hydrogen) atoms. The van der Waals surface area contributed by atoms with Crippen LogP contribution in [0.2, 0.25) is 0 Å². The van der Waals surface area contributed by atoms with E-state index in [0.29, 0.717) is 6.61 Å². The lowest BCUT2D eigenvalue weighted by atomic mass is 9.90. The molecule has 6 rings (SSSR count). The number of anilines is 2. The number of nitrogens with zero attached hydrogens (tertiary/aromatic N) is 4. The zero-order valence-corrected chi connectivity index (χ0v) is 21.6. The lowest BCUT2D eigenvalue weighted by molar-refractivity contribution is -0.0396. The Bertz CT molecular complexity index is 1220. The van der Waals surface area contributed by atoms with Gasteiger partial charge in [-0.1, -0.05) is 11.8 Å². The van der Waals surface area contributed by atoms with Gasteiger partial charge in [0.2, 0.25) is 0 Å². The number of hydrogen-bond donors (Lipinski definition) is 1. The van der Waals surface area contributed by atoms with E-state index in [1.165, 1.54) is 16.5 Å². The Morgan fingerprint density at radius 2 is 2.00 bits per heavy atom. The van der Waals surface area contributed by atoms with Crippen molar-refractivity contribution in [3.8, 4) is 0 Å². The van der Waals surface area contributed by atoms with E-state index in [4.69, 9.17) is 29.2 Å². The maximum absolute atomic E-state index is 6.27. The van der Waals surface area contributed by atoms with Crippen molar-refractivity contribution in [2.24, 2.45) is 0 Å². The van der Waals surface area contributed by atoms with Gasteiger partial charge >= 0.3 is 0 Å². The largest absolute Gasteiger partial charge is 0.378 e. The molecule has 10 heteroatoms. The number of hydrogen-bond acceptors (Lipinski definition) is 10. The van der Waals surface area contributed by atoms with Crippen LogP contribution >= 0.6 is 23.1 Å². The Morgan fingerprint density at radius 1 is 1.15 bits per heavy atom. The summed E-state index contributed by atoms with van der Waals surface area (Å²) >= 11 is 3.27. The third kappa shape index (κ3) is 4.13. The summed E-state index contributed by atoms with van der Waals surface area (Å²) in [5.74, 6) is 1.93. The summed E-state index contributed by atoms with van der Waals surface area (Å²) in [6.45, 7) is 9.68. The first kappa shape index (κ1) is 22.7. The Morgan fingerprint density at radius 3 is 2.76 bits per heavy atom. The number of nitrogens with one attached hydrogen (secondary N) is 1. The minimum Gasteiger partial charge on any atom is -0.378 e. The molecule has 0 spiro atoms. The second kappa shape index (κ2) is 9.05. The van der Waals surface area contributed by atoms with E-state index in [2.05, 4.69) is 24.1 Å². The average molecular weight is 502 g/mol. The van der Waals surface area contributed by atoms with Crippen LogP contribution in [-0.4, -0.2) is 72.4 Å². The van der Waals surface area contributed by atoms with Gasteiger partial charge in [0.25, 0.3) is 0 Å². The quantitative estimate of drug-likeness (QED) is 0.408. The monoisotopic (exact) mass is 501 g/mol. The number of ether oxygens (including phenoxy) is 3. The highest BCUT2D eigenvalue weighted by Crippen LogP contribution is 2.44. The van der Waals surface area contributed by atoms with Crippen molar-refractivity contribution >= 4 is 55.2 Å². The number of thioether (sulfide) groups is 1. The van der Waals surface area contributed by atoms with Crippen molar-refractivity contribution in [2.45, 2.75) is 56.6 Å². The van der Waals surface area contributed by atoms with E-state index >= 15 is 0 Å². The molecule has 3 aliphatic rings. The zero-order valence-electron chi connectivity index (χ0n) is 20.0. The van der Waals surface area contributed by atoms with Crippen LogP contribution in [0.25, 0.3) is 20.4 Å². The van der Waals surface area contributed by atoms with Crippen molar-refractivity contribution in [2.75, 3.05) is 55.9 Å². The van der Waals surface area contributed by atoms with Gasteiger partial charge in [0, 0.05) is 43.6 Å². The van der Waals surface area contributed by atoms with E-state index in [9.17, 15) is 0 Å². The lowest BCUT2D eigenvalue weighted by Gasteiger charge is -2.36. The number of pyridine rings is 1. The molecule has 0 aromatic carbocycles. The summed E-state index contributed by atoms with van der Waals surface area (Å²) in [6, 6.07) is 0. The molecular formula is C24H31N5O3S2. The van der Waals surface area contributed by atoms with Gasteiger partial charge in [-0.25, -0.2) is 15.0 Å². The Balaban J connectivity index is 1.53. The minimum atomic E-state index is -0.228. The van der Waals surface area contributed by atoms with Gasteiger partial charge in [-0.05, 0) is 38.5 Å². The van der Waals surface area contributed by atoms with Gasteiger partial charge in [0.1, 0.15) is 16.5 Å². The molecule has 0 bridgehead atoms. The van der Waals surface area contributed by atoms with Crippen LogP contribution in [0, 0.1) is 0 Å². The highest BCUT2D eigenvalue weighted by atomic mass is 32.2. The molecular weight excluding hydrogens is 470 g/mol. The third-order valence-electron chi connectivity index (χ3n) is 6.86. The van der Waals surface area contributed by atoms with Crippen LogP contribution < -0.4 is 10.2 Å². The number of thiophene rings is 1. The van der Waals surface area contributed by atoms with Crippen molar-refractivity contribution in [3.63, 3.8) is 0 Å². The fraction of sp³-hybridized carbons (Fsp3) is 0.625. The van der Waals surface area contributed by atoms with E-state index in [1.807, 2.05) is 6.26 Å². The summed E-state index contributed by atoms with van der Waals surface area (Å²) in [7, 11) is 0. The van der Waals surface area contributed by atoms with Crippen LogP contribution in [0.15, 0.2) is 5.16 Å². The minimum absolute atomic E-state index is 0.228. The molecule has 0 saturated carbocycles. The first-order valence-electron chi connectivity index (χ1n) is 12.0. The second-order valence-electron chi connectivity index (χ2n) is 9.75. The molecule has 6 heterocycles. The number of rotatable bonds is 5. The van der Waals surface area contributed by atoms with E-state index < -0.39 is 0 Å². The Labute approximate surface area is 207 Å². The van der Waals surface area contributed by atoms with E-state index in [0.717, 1.165) is 90.6 Å². The normalized spacial score (nSPS) is 22.4. The number of morpholine rings is 1.